The van der Waals surface area contributed by atoms with Gasteiger partial charge in [-0.15, -0.1) is 0 Å². The molecule has 1 N–H and O–H groups in total. The van der Waals surface area contributed by atoms with Crippen molar-refractivity contribution in [2.24, 2.45) is 0 Å². The zero-order valence-corrected chi connectivity index (χ0v) is 19.2. The van der Waals surface area contributed by atoms with Crippen molar-refractivity contribution in [1.29, 1.82) is 0 Å². The van der Waals surface area contributed by atoms with Gasteiger partial charge >= 0.3 is 0 Å². The van der Waals surface area contributed by atoms with E-state index in [0.717, 1.165) is 49.5 Å². The van der Waals surface area contributed by atoms with Gasteiger partial charge in [-0.05, 0) is 37.9 Å². The maximum Gasteiger partial charge on any atom is 0.257 e. The van der Waals surface area contributed by atoms with Gasteiger partial charge in [-0.25, -0.2) is 0 Å². The molecule has 1 aromatic heterocycles. The van der Waals surface area contributed by atoms with E-state index >= 15 is 0 Å². The van der Waals surface area contributed by atoms with Crippen LogP contribution in [-0.4, -0.2) is 53.2 Å². The molecule has 1 aliphatic rings. The van der Waals surface area contributed by atoms with Crippen LogP contribution in [0.25, 0.3) is 0 Å². The molecule has 0 aliphatic carbocycles. The number of ether oxygens (including phenoxy) is 1. The number of H-pyrrole nitrogens is 1. The van der Waals surface area contributed by atoms with Crippen molar-refractivity contribution < 1.29 is 9.53 Å². The summed E-state index contributed by atoms with van der Waals surface area (Å²) in [6, 6.07) is 16.4. The minimum absolute atomic E-state index is 0.00933. The number of benzene rings is 2. The molecule has 32 heavy (non-hydrogen) atoms. The average Bonchev–Trinajstić information content (AvgIpc) is 3.29. The summed E-state index contributed by atoms with van der Waals surface area (Å²) < 4.78 is 5.57. The van der Waals surface area contributed by atoms with Crippen molar-refractivity contribution in [3.8, 4) is 5.75 Å². The number of likely N-dealkylation sites (tertiary alicyclic amines) is 1. The van der Waals surface area contributed by atoms with Gasteiger partial charge in [0.15, 0.2) is 0 Å². The lowest BCUT2D eigenvalue weighted by Crippen LogP contribution is -2.35. The fourth-order valence-electron chi connectivity index (χ4n) is 4.62. The minimum atomic E-state index is 0.00933. The number of hydrogen-bond acceptors (Lipinski definition) is 4. The quantitative estimate of drug-likeness (QED) is 0.602. The molecule has 6 heteroatoms. The highest BCUT2D eigenvalue weighted by atomic mass is 16.5. The van der Waals surface area contributed by atoms with Crippen molar-refractivity contribution in [2.45, 2.75) is 38.8 Å². The Balaban J connectivity index is 1.46. The van der Waals surface area contributed by atoms with Gasteiger partial charge in [0, 0.05) is 38.2 Å². The van der Waals surface area contributed by atoms with Crippen molar-refractivity contribution in [2.75, 3.05) is 27.2 Å². The number of rotatable bonds is 7. The predicted octanol–water partition coefficient (Wildman–Crippen LogP) is 4.38. The van der Waals surface area contributed by atoms with E-state index in [1.165, 1.54) is 11.1 Å². The molecule has 4 rings (SSSR count). The molecule has 3 aromatic rings. The Morgan fingerprint density at radius 1 is 1.25 bits per heavy atom. The molecule has 0 spiro atoms. The zero-order chi connectivity index (χ0) is 22.5. The van der Waals surface area contributed by atoms with Gasteiger partial charge in [0.1, 0.15) is 5.75 Å². The second-order valence-electron chi connectivity index (χ2n) is 8.73. The first kappa shape index (κ1) is 22.1. The average molecular weight is 433 g/mol. The lowest BCUT2D eigenvalue weighted by atomic mass is 9.92. The van der Waals surface area contributed by atoms with Crippen LogP contribution in [0.4, 0.5) is 0 Å². The summed E-state index contributed by atoms with van der Waals surface area (Å²) >= 11 is 0. The number of carbonyl (C=O) groups is 1. The number of methoxy groups -OCH3 is 1. The van der Waals surface area contributed by atoms with E-state index < -0.39 is 0 Å². The summed E-state index contributed by atoms with van der Waals surface area (Å²) in [7, 11) is 3.57. The molecule has 1 atom stereocenters. The van der Waals surface area contributed by atoms with Crippen LogP contribution < -0.4 is 4.74 Å². The van der Waals surface area contributed by atoms with E-state index in [0.29, 0.717) is 12.1 Å². The number of aromatic amines is 1. The fraction of sp³-hybridized carbons (Fsp3) is 0.385. The summed E-state index contributed by atoms with van der Waals surface area (Å²) in [6.45, 7) is 5.46. The highest BCUT2D eigenvalue weighted by Gasteiger charge is 2.28. The monoisotopic (exact) mass is 432 g/mol. The zero-order valence-electron chi connectivity index (χ0n) is 19.2. The van der Waals surface area contributed by atoms with Crippen LogP contribution in [0, 0.1) is 6.92 Å². The Labute approximate surface area is 190 Å². The topological polar surface area (TPSA) is 61.5 Å². The number of nitrogens with one attached hydrogen (secondary N) is 1. The Kier molecular flexibility index (Phi) is 6.90. The molecule has 1 fully saturated rings. The highest BCUT2D eigenvalue weighted by molar-refractivity contribution is 5.95. The van der Waals surface area contributed by atoms with E-state index in [1.54, 1.807) is 18.2 Å². The molecule has 1 aliphatic heterocycles. The van der Waals surface area contributed by atoms with Crippen LogP contribution >= 0.6 is 0 Å². The van der Waals surface area contributed by atoms with Crippen molar-refractivity contribution in [3.63, 3.8) is 0 Å². The first-order chi connectivity index (χ1) is 15.5. The third-order valence-electron chi connectivity index (χ3n) is 6.25. The van der Waals surface area contributed by atoms with Gasteiger partial charge < -0.3 is 9.64 Å². The van der Waals surface area contributed by atoms with Crippen LogP contribution in [0.2, 0.25) is 0 Å². The number of nitrogens with zero attached hydrogens (tertiary/aromatic N) is 3. The first-order valence-electron chi connectivity index (χ1n) is 11.2. The number of piperidine rings is 1. The third kappa shape index (κ3) is 5.02. The predicted molar refractivity (Wildman–Crippen MR) is 126 cm³/mol. The lowest BCUT2D eigenvalue weighted by Gasteiger charge is -2.33. The van der Waals surface area contributed by atoms with Crippen molar-refractivity contribution in [1.82, 2.24) is 20.0 Å². The molecule has 2 aromatic carbocycles. The SMILES string of the molecule is COc1ccc(C)cc1CN1CCCC(c2[nH]ncc2C(=O)N(C)Cc2ccccc2)C1. The number of amides is 1. The smallest absolute Gasteiger partial charge is 0.257 e. The second kappa shape index (κ2) is 10.0. The second-order valence-corrected chi connectivity index (χ2v) is 8.73. The molecular formula is C26H32N4O2. The van der Waals surface area contributed by atoms with Gasteiger partial charge in [-0.3, -0.25) is 14.8 Å². The van der Waals surface area contributed by atoms with Crippen LogP contribution in [-0.2, 0) is 13.1 Å². The van der Waals surface area contributed by atoms with Crippen LogP contribution in [0.1, 0.15) is 51.5 Å². The van der Waals surface area contributed by atoms with Crippen molar-refractivity contribution in [3.05, 3.63) is 82.7 Å². The summed E-state index contributed by atoms with van der Waals surface area (Å²) in [6.07, 6.45) is 3.82. The standard InChI is InChI=1S/C26H32N4O2/c1-19-11-12-24(32-3)22(14-19)18-30-13-7-10-21(17-30)25-23(15-27-28-25)26(31)29(2)16-20-8-5-4-6-9-20/h4-6,8-9,11-12,14-15,21H,7,10,13,16-18H2,1-3H3,(H,27,28). The van der Waals surface area contributed by atoms with Crippen molar-refractivity contribution >= 4 is 5.91 Å². The van der Waals surface area contributed by atoms with E-state index in [9.17, 15) is 4.79 Å². The molecule has 6 nitrogen and oxygen atoms in total. The van der Waals surface area contributed by atoms with Crippen LogP contribution in [0.3, 0.4) is 0 Å². The van der Waals surface area contributed by atoms with Gasteiger partial charge in [0.2, 0.25) is 0 Å². The van der Waals surface area contributed by atoms with Gasteiger partial charge in [-0.1, -0.05) is 48.0 Å². The Morgan fingerprint density at radius 3 is 2.84 bits per heavy atom. The van der Waals surface area contributed by atoms with E-state index in [4.69, 9.17) is 4.74 Å². The molecule has 1 amide bonds. The summed E-state index contributed by atoms with van der Waals surface area (Å²) in [5, 5.41) is 7.39. The fourth-order valence-corrected chi connectivity index (χ4v) is 4.62. The summed E-state index contributed by atoms with van der Waals surface area (Å²) in [5.41, 5.74) is 5.19. The Hall–Kier alpha value is -3.12. The number of hydrogen-bond donors (Lipinski definition) is 1. The van der Waals surface area contributed by atoms with E-state index in [-0.39, 0.29) is 11.8 Å². The van der Waals surface area contributed by atoms with Crippen LogP contribution in [0.5, 0.6) is 5.75 Å². The first-order valence-corrected chi connectivity index (χ1v) is 11.2. The number of aryl methyl sites for hydroxylation is 1. The molecule has 1 unspecified atom stereocenters. The summed E-state index contributed by atoms with van der Waals surface area (Å²) in [5.74, 6) is 1.19. The van der Waals surface area contributed by atoms with Gasteiger partial charge in [0.05, 0.1) is 24.6 Å². The van der Waals surface area contributed by atoms with E-state index in [2.05, 4.69) is 34.2 Å². The highest BCUT2D eigenvalue weighted by Crippen LogP contribution is 2.30. The summed E-state index contributed by atoms with van der Waals surface area (Å²) in [4.78, 5) is 17.4. The lowest BCUT2D eigenvalue weighted by molar-refractivity contribution is 0.0782. The molecule has 2 heterocycles. The third-order valence-corrected chi connectivity index (χ3v) is 6.25. The maximum atomic E-state index is 13.2. The normalized spacial score (nSPS) is 16.7. The number of carbonyl (C=O) groups excluding carboxylic acids is 1. The molecule has 1 saturated heterocycles. The minimum Gasteiger partial charge on any atom is -0.496 e. The van der Waals surface area contributed by atoms with Gasteiger partial charge in [0.25, 0.3) is 5.91 Å². The maximum absolute atomic E-state index is 13.2. The molecule has 0 saturated carbocycles. The van der Waals surface area contributed by atoms with Gasteiger partial charge in [-0.2, -0.15) is 5.10 Å². The molecule has 0 bridgehead atoms. The largest absolute Gasteiger partial charge is 0.496 e. The Bertz CT molecular complexity index is 1050. The number of aromatic nitrogens is 2. The molecule has 0 radical (unpaired) electrons. The Morgan fingerprint density at radius 2 is 2.06 bits per heavy atom. The molecular weight excluding hydrogens is 400 g/mol. The van der Waals surface area contributed by atoms with E-state index in [1.807, 2.05) is 43.4 Å². The van der Waals surface area contributed by atoms with Crippen LogP contribution in [0.15, 0.2) is 54.7 Å². The molecule has 168 valence electrons.